The first kappa shape index (κ1) is 29.8. The van der Waals surface area contributed by atoms with Crippen LogP contribution in [0.15, 0.2) is 60.8 Å². The Morgan fingerprint density at radius 2 is 1.68 bits per heavy atom. The number of amides is 1. The van der Waals surface area contributed by atoms with E-state index in [0.29, 0.717) is 29.8 Å². The number of imidazole rings is 1. The Bertz CT molecular complexity index is 1250. The maximum Gasteiger partial charge on any atom is 0.490 e. The molecule has 1 atom stereocenters. The summed E-state index contributed by atoms with van der Waals surface area (Å²) in [5.74, 6) is -2.07. The van der Waals surface area contributed by atoms with E-state index in [1.807, 2.05) is 30.3 Å². The molecule has 0 unspecified atom stereocenters. The van der Waals surface area contributed by atoms with Crippen LogP contribution in [0.25, 0.3) is 11.3 Å². The molecule has 0 spiro atoms. The number of nitrogens with one attached hydrogen (secondary N) is 2. The van der Waals surface area contributed by atoms with Gasteiger partial charge in [-0.25, -0.2) is 9.78 Å². The van der Waals surface area contributed by atoms with Crippen molar-refractivity contribution >= 4 is 17.7 Å². The van der Waals surface area contributed by atoms with Crippen LogP contribution in [0.4, 0.5) is 13.2 Å². The number of rotatable bonds is 10. The second-order valence-electron chi connectivity index (χ2n) is 8.37. The highest BCUT2D eigenvalue weighted by Crippen LogP contribution is 2.23. The summed E-state index contributed by atoms with van der Waals surface area (Å²) in [5, 5.41) is 19.1. The second-order valence-corrected chi connectivity index (χ2v) is 8.37. The molecule has 8 nitrogen and oxygen atoms in total. The van der Waals surface area contributed by atoms with Crippen molar-refractivity contribution in [1.29, 1.82) is 5.26 Å². The number of aromatic amines is 1. The van der Waals surface area contributed by atoms with Crippen molar-refractivity contribution in [2.45, 2.75) is 51.2 Å². The third-order valence-electron chi connectivity index (χ3n) is 5.36. The molecular formula is C27H27F3N4O4. The number of carboxylic acid groups (broad SMARTS) is 1. The molecule has 3 N–H and O–H groups in total. The number of carbonyl (C=O) groups is 3. The molecule has 0 aliphatic rings. The number of nitriles is 1. The number of carbonyl (C=O) groups excluding carboxylic acids is 2. The minimum atomic E-state index is -5.08. The summed E-state index contributed by atoms with van der Waals surface area (Å²) < 4.78 is 31.7. The van der Waals surface area contributed by atoms with E-state index in [2.05, 4.69) is 21.4 Å². The van der Waals surface area contributed by atoms with E-state index in [-0.39, 0.29) is 17.7 Å². The number of nitrogens with zero attached hydrogens (tertiary/aromatic N) is 2. The molecule has 200 valence electrons. The number of alkyl halides is 3. The lowest BCUT2D eigenvalue weighted by molar-refractivity contribution is -0.192. The van der Waals surface area contributed by atoms with Gasteiger partial charge >= 0.3 is 12.1 Å². The van der Waals surface area contributed by atoms with E-state index in [0.717, 1.165) is 30.5 Å². The molecule has 1 amide bonds. The van der Waals surface area contributed by atoms with Gasteiger partial charge in [0.25, 0.3) is 5.91 Å². The van der Waals surface area contributed by atoms with Crippen molar-refractivity contribution in [1.82, 2.24) is 15.3 Å². The van der Waals surface area contributed by atoms with Gasteiger partial charge in [-0.3, -0.25) is 4.79 Å². The quantitative estimate of drug-likeness (QED) is 0.294. The lowest BCUT2D eigenvalue weighted by atomic mass is 10.0. The van der Waals surface area contributed by atoms with Crippen molar-refractivity contribution in [3.8, 4) is 17.3 Å². The van der Waals surface area contributed by atoms with E-state index in [1.54, 1.807) is 37.4 Å². The van der Waals surface area contributed by atoms with Gasteiger partial charge in [-0.05, 0) is 49.6 Å². The Hall–Kier alpha value is -4.46. The first-order valence-corrected chi connectivity index (χ1v) is 11.7. The molecule has 0 saturated heterocycles. The van der Waals surface area contributed by atoms with Gasteiger partial charge in [-0.1, -0.05) is 43.2 Å². The maximum absolute atomic E-state index is 12.8. The SMILES string of the molecule is CC(=O)CCCCC[C@H](NC(=O)c1ccc(C#N)cc1)c1ncc(-c2ccccc2)[nH]1.O=C(O)C(F)(F)F. The molecule has 0 bridgehead atoms. The van der Waals surface area contributed by atoms with Gasteiger partial charge < -0.3 is 20.2 Å². The number of halogens is 3. The molecule has 11 heteroatoms. The van der Waals surface area contributed by atoms with Crippen LogP contribution in [-0.2, 0) is 9.59 Å². The summed E-state index contributed by atoms with van der Waals surface area (Å²) in [5.41, 5.74) is 2.93. The maximum atomic E-state index is 12.8. The predicted octanol–water partition coefficient (Wildman–Crippen LogP) is 5.59. The fourth-order valence-corrected chi connectivity index (χ4v) is 3.39. The zero-order valence-electron chi connectivity index (χ0n) is 20.6. The number of carboxylic acids is 1. The van der Waals surface area contributed by atoms with Gasteiger partial charge in [0.15, 0.2) is 0 Å². The molecule has 0 aliphatic carbocycles. The standard InChI is InChI=1S/C25H26N4O2.C2HF3O2/c1-18(30)8-4-2-7-11-22(29-25(31)21-14-12-19(16-26)13-15-21)24-27-17-23(28-24)20-9-5-3-6-10-20;3-2(4,5)1(6)7/h3,5-6,9-10,12-15,17,22H,2,4,7-8,11H2,1H3,(H,27,28)(H,29,31);(H,6,7)/t22-;/m0./s1. The highest BCUT2D eigenvalue weighted by atomic mass is 19.4. The number of aliphatic carboxylic acids is 1. The Morgan fingerprint density at radius 1 is 1.05 bits per heavy atom. The van der Waals surface area contributed by atoms with E-state index in [1.165, 1.54) is 0 Å². The number of benzene rings is 2. The summed E-state index contributed by atoms with van der Waals surface area (Å²) >= 11 is 0. The van der Waals surface area contributed by atoms with E-state index >= 15 is 0 Å². The van der Waals surface area contributed by atoms with Crippen LogP contribution < -0.4 is 5.32 Å². The van der Waals surface area contributed by atoms with Gasteiger partial charge in [0.1, 0.15) is 11.6 Å². The normalized spacial score (nSPS) is 11.4. The number of hydrogen-bond acceptors (Lipinski definition) is 5. The second kappa shape index (κ2) is 14.3. The average molecular weight is 529 g/mol. The van der Waals surface area contributed by atoms with Crippen LogP contribution in [0.2, 0.25) is 0 Å². The van der Waals surface area contributed by atoms with Crippen LogP contribution in [0.3, 0.4) is 0 Å². The number of unbranched alkanes of at least 4 members (excludes halogenated alkanes) is 2. The highest BCUT2D eigenvalue weighted by Gasteiger charge is 2.38. The number of aromatic nitrogens is 2. The van der Waals surface area contributed by atoms with Gasteiger partial charge in [-0.2, -0.15) is 18.4 Å². The third kappa shape index (κ3) is 9.89. The Morgan fingerprint density at radius 3 is 2.24 bits per heavy atom. The van der Waals surface area contributed by atoms with Crippen LogP contribution in [0.5, 0.6) is 0 Å². The lowest BCUT2D eigenvalue weighted by Crippen LogP contribution is -2.29. The first-order valence-electron chi connectivity index (χ1n) is 11.7. The van der Waals surface area contributed by atoms with Gasteiger partial charge in [0, 0.05) is 12.0 Å². The molecule has 38 heavy (non-hydrogen) atoms. The zero-order valence-corrected chi connectivity index (χ0v) is 20.6. The summed E-state index contributed by atoms with van der Waals surface area (Å²) in [6.07, 6.45) is 0.616. The van der Waals surface area contributed by atoms with Crippen molar-refractivity contribution < 1.29 is 32.7 Å². The molecular weight excluding hydrogens is 501 g/mol. The molecule has 0 saturated carbocycles. The molecule has 2 aromatic carbocycles. The van der Waals surface area contributed by atoms with E-state index in [4.69, 9.17) is 15.2 Å². The van der Waals surface area contributed by atoms with Crippen LogP contribution in [0, 0.1) is 11.3 Å². The van der Waals surface area contributed by atoms with Crippen molar-refractivity contribution in [3.05, 3.63) is 77.7 Å². The van der Waals surface area contributed by atoms with Crippen molar-refractivity contribution in [2.24, 2.45) is 0 Å². The molecule has 0 fully saturated rings. The Labute approximate surface area is 217 Å². The first-order chi connectivity index (χ1) is 18.0. The van der Waals surface area contributed by atoms with E-state index < -0.39 is 12.1 Å². The molecule has 3 rings (SSSR count). The monoisotopic (exact) mass is 528 g/mol. The molecule has 0 radical (unpaired) electrons. The summed E-state index contributed by atoms with van der Waals surface area (Å²) in [6, 6.07) is 18.2. The largest absolute Gasteiger partial charge is 0.490 e. The molecule has 0 aliphatic heterocycles. The predicted molar refractivity (Wildman–Crippen MR) is 133 cm³/mol. The van der Waals surface area contributed by atoms with Crippen LogP contribution in [0.1, 0.15) is 66.8 Å². The van der Waals surface area contributed by atoms with Crippen LogP contribution in [-0.4, -0.2) is 38.9 Å². The fraction of sp³-hybridized carbons (Fsp3) is 0.296. The molecule has 3 aromatic rings. The number of Topliss-reactive ketones (excluding diaryl/α,β-unsaturated/α-hetero) is 1. The van der Waals surface area contributed by atoms with Gasteiger partial charge in [0.05, 0.1) is 29.6 Å². The van der Waals surface area contributed by atoms with Gasteiger partial charge in [-0.15, -0.1) is 0 Å². The smallest absolute Gasteiger partial charge is 0.475 e. The van der Waals surface area contributed by atoms with Crippen molar-refractivity contribution in [3.63, 3.8) is 0 Å². The zero-order chi connectivity index (χ0) is 28.1. The van der Waals surface area contributed by atoms with E-state index in [9.17, 15) is 22.8 Å². The fourth-order valence-electron chi connectivity index (χ4n) is 3.39. The lowest BCUT2D eigenvalue weighted by Gasteiger charge is -2.17. The van der Waals surface area contributed by atoms with Gasteiger partial charge in [0.2, 0.25) is 0 Å². The number of H-pyrrole nitrogens is 1. The number of hydrogen-bond donors (Lipinski definition) is 3. The minimum absolute atomic E-state index is 0.198. The minimum Gasteiger partial charge on any atom is -0.475 e. The molecule has 1 heterocycles. The molecule has 1 aromatic heterocycles. The average Bonchev–Trinajstić information content (AvgIpc) is 3.38. The Balaban J connectivity index is 0.000000638. The van der Waals surface area contributed by atoms with Crippen molar-refractivity contribution in [2.75, 3.05) is 0 Å². The highest BCUT2D eigenvalue weighted by molar-refractivity contribution is 5.94. The number of ketones is 1. The topological polar surface area (TPSA) is 136 Å². The van der Waals surface area contributed by atoms with Crippen LogP contribution >= 0.6 is 0 Å². The summed E-state index contributed by atoms with van der Waals surface area (Å²) in [4.78, 5) is 40.7. The Kier molecular flexibility index (Phi) is 11.2. The summed E-state index contributed by atoms with van der Waals surface area (Å²) in [7, 11) is 0. The summed E-state index contributed by atoms with van der Waals surface area (Å²) in [6.45, 7) is 1.61. The third-order valence-corrected chi connectivity index (χ3v) is 5.36.